The van der Waals surface area contributed by atoms with E-state index in [0.29, 0.717) is 0 Å². The second-order valence-electron chi connectivity index (χ2n) is 2.85. The van der Waals surface area contributed by atoms with E-state index in [9.17, 15) is 0 Å². The summed E-state index contributed by atoms with van der Waals surface area (Å²) in [5, 5.41) is 0. The fourth-order valence-electron chi connectivity index (χ4n) is 1.21. The predicted molar refractivity (Wildman–Crippen MR) is 49.5 cm³/mol. The van der Waals surface area contributed by atoms with Crippen molar-refractivity contribution in [3.05, 3.63) is 41.7 Å². The van der Waals surface area contributed by atoms with Crippen molar-refractivity contribution in [1.82, 2.24) is 4.98 Å². The molecule has 60 valence electrons. The van der Waals surface area contributed by atoms with E-state index in [1.54, 1.807) is 0 Å². The van der Waals surface area contributed by atoms with Crippen molar-refractivity contribution in [2.75, 3.05) is 6.54 Å². The molecule has 1 aliphatic rings. The van der Waals surface area contributed by atoms with E-state index in [1.807, 2.05) is 24.4 Å². The van der Waals surface area contributed by atoms with Crippen LogP contribution >= 0.6 is 0 Å². The number of pyridine rings is 1. The molecule has 0 saturated heterocycles. The van der Waals surface area contributed by atoms with Gasteiger partial charge in [-0.3, -0.25) is 9.98 Å². The Hall–Kier alpha value is -1.44. The highest BCUT2D eigenvalue weighted by Crippen LogP contribution is 2.06. The Kier molecular flexibility index (Phi) is 1.74. The summed E-state index contributed by atoms with van der Waals surface area (Å²) in [6.45, 7) is 2.86. The van der Waals surface area contributed by atoms with Crippen LogP contribution < -0.4 is 0 Å². The van der Waals surface area contributed by atoms with Crippen LogP contribution in [0.2, 0.25) is 0 Å². The Labute approximate surface area is 71.7 Å². The van der Waals surface area contributed by atoms with Crippen molar-refractivity contribution in [3.8, 4) is 0 Å². The first kappa shape index (κ1) is 7.22. The molecule has 2 nitrogen and oxygen atoms in total. The molecule has 0 saturated carbocycles. The zero-order valence-corrected chi connectivity index (χ0v) is 6.99. The molecule has 0 radical (unpaired) electrons. The number of aryl methyl sites for hydroxylation is 1. The quantitative estimate of drug-likeness (QED) is 0.611. The third-order valence-electron chi connectivity index (χ3n) is 1.82. The van der Waals surface area contributed by atoms with E-state index in [1.165, 1.54) is 5.56 Å². The number of aliphatic imine (C=N–C) groups is 1. The van der Waals surface area contributed by atoms with E-state index in [-0.39, 0.29) is 0 Å². The maximum absolute atomic E-state index is 4.29. The third kappa shape index (κ3) is 1.28. The molecule has 12 heavy (non-hydrogen) atoms. The minimum absolute atomic E-state index is 0.797. The molecule has 0 aromatic carbocycles. The Morgan fingerprint density at radius 2 is 2.33 bits per heavy atom. The summed E-state index contributed by atoms with van der Waals surface area (Å²) in [5.74, 6) is 0. The zero-order valence-electron chi connectivity index (χ0n) is 6.99. The van der Waals surface area contributed by atoms with Crippen LogP contribution in [-0.4, -0.2) is 17.2 Å². The van der Waals surface area contributed by atoms with Gasteiger partial charge in [0.25, 0.3) is 0 Å². The van der Waals surface area contributed by atoms with Gasteiger partial charge in [-0.25, -0.2) is 0 Å². The summed E-state index contributed by atoms with van der Waals surface area (Å²) >= 11 is 0. The molecule has 2 heteroatoms. The standard InChI is InChI=1S/C10H10N2/c1-8-4-6-12-10(7-8)9-3-2-5-11-9/h2-4,6-7H,5H2,1H3. The number of hydrogen-bond donors (Lipinski definition) is 0. The van der Waals surface area contributed by atoms with Gasteiger partial charge in [-0.05, 0) is 30.7 Å². The Morgan fingerprint density at radius 3 is 3.00 bits per heavy atom. The van der Waals surface area contributed by atoms with Crippen molar-refractivity contribution >= 4 is 5.71 Å². The summed E-state index contributed by atoms with van der Waals surface area (Å²) in [7, 11) is 0. The molecule has 0 bridgehead atoms. The molecule has 0 unspecified atom stereocenters. The van der Waals surface area contributed by atoms with Crippen molar-refractivity contribution in [1.29, 1.82) is 0 Å². The second-order valence-corrected chi connectivity index (χ2v) is 2.85. The maximum Gasteiger partial charge on any atom is 0.0884 e. The lowest BCUT2D eigenvalue weighted by Gasteiger charge is -1.97. The van der Waals surface area contributed by atoms with Gasteiger partial charge in [-0.1, -0.05) is 6.08 Å². The van der Waals surface area contributed by atoms with Crippen molar-refractivity contribution in [2.45, 2.75) is 6.92 Å². The fourth-order valence-corrected chi connectivity index (χ4v) is 1.21. The molecular weight excluding hydrogens is 148 g/mol. The van der Waals surface area contributed by atoms with Gasteiger partial charge in [-0.15, -0.1) is 0 Å². The number of allylic oxidation sites excluding steroid dienone is 1. The van der Waals surface area contributed by atoms with Crippen LogP contribution in [0.5, 0.6) is 0 Å². The van der Waals surface area contributed by atoms with E-state index in [4.69, 9.17) is 0 Å². The van der Waals surface area contributed by atoms with Crippen LogP contribution in [0.15, 0.2) is 35.5 Å². The molecule has 0 spiro atoms. The molecule has 1 aliphatic heterocycles. The topological polar surface area (TPSA) is 25.2 Å². The molecule has 0 aliphatic carbocycles. The van der Waals surface area contributed by atoms with Crippen molar-refractivity contribution in [3.63, 3.8) is 0 Å². The second kappa shape index (κ2) is 2.89. The van der Waals surface area contributed by atoms with Gasteiger partial charge < -0.3 is 0 Å². The molecule has 1 aromatic heterocycles. The smallest absolute Gasteiger partial charge is 0.0884 e. The van der Waals surface area contributed by atoms with Crippen LogP contribution in [0.3, 0.4) is 0 Å². The molecule has 0 fully saturated rings. The molecule has 0 N–H and O–H groups in total. The van der Waals surface area contributed by atoms with E-state index in [2.05, 4.69) is 23.0 Å². The summed E-state index contributed by atoms with van der Waals surface area (Å²) in [5.41, 5.74) is 3.20. The predicted octanol–water partition coefficient (Wildman–Crippen LogP) is 1.75. The van der Waals surface area contributed by atoms with Gasteiger partial charge in [0.15, 0.2) is 0 Å². The first-order chi connectivity index (χ1) is 5.86. The third-order valence-corrected chi connectivity index (χ3v) is 1.82. The monoisotopic (exact) mass is 158 g/mol. The largest absolute Gasteiger partial charge is 0.279 e. The summed E-state index contributed by atoms with van der Waals surface area (Å²) in [4.78, 5) is 8.53. The number of hydrogen-bond acceptors (Lipinski definition) is 2. The lowest BCUT2D eigenvalue weighted by Crippen LogP contribution is -1.97. The number of rotatable bonds is 1. The molecular formula is C10H10N2. The first-order valence-corrected chi connectivity index (χ1v) is 4.00. The van der Waals surface area contributed by atoms with Gasteiger partial charge in [0.05, 0.1) is 18.0 Å². The molecule has 2 rings (SSSR count). The summed E-state index contributed by atoms with van der Waals surface area (Å²) < 4.78 is 0. The highest BCUT2D eigenvalue weighted by molar-refractivity contribution is 6.08. The van der Waals surface area contributed by atoms with E-state index in [0.717, 1.165) is 18.0 Å². The van der Waals surface area contributed by atoms with Crippen LogP contribution in [0.25, 0.3) is 0 Å². The minimum atomic E-state index is 0.797. The average Bonchev–Trinajstić information content (AvgIpc) is 2.56. The van der Waals surface area contributed by atoms with E-state index >= 15 is 0 Å². The van der Waals surface area contributed by atoms with Gasteiger partial charge in [0.1, 0.15) is 0 Å². The van der Waals surface area contributed by atoms with E-state index < -0.39 is 0 Å². The van der Waals surface area contributed by atoms with Crippen molar-refractivity contribution < 1.29 is 0 Å². The lowest BCUT2D eigenvalue weighted by molar-refractivity contribution is 1.23. The fraction of sp³-hybridized carbons (Fsp3) is 0.200. The summed E-state index contributed by atoms with van der Waals surface area (Å²) in [6.07, 6.45) is 5.88. The number of nitrogens with zero attached hydrogens (tertiary/aromatic N) is 2. The van der Waals surface area contributed by atoms with Crippen molar-refractivity contribution in [2.24, 2.45) is 4.99 Å². The first-order valence-electron chi connectivity index (χ1n) is 4.00. The van der Waals surface area contributed by atoms with Crippen LogP contribution in [0.4, 0.5) is 0 Å². The maximum atomic E-state index is 4.29. The summed E-state index contributed by atoms with van der Waals surface area (Å²) in [6, 6.07) is 4.04. The van der Waals surface area contributed by atoms with Gasteiger partial charge in [0.2, 0.25) is 0 Å². The minimum Gasteiger partial charge on any atom is -0.279 e. The molecule has 0 amide bonds. The van der Waals surface area contributed by atoms with Crippen LogP contribution in [0.1, 0.15) is 11.3 Å². The lowest BCUT2D eigenvalue weighted by atomic mass is 10.2. The Morgan fingerprint density at radius 1 is 1.42 bits per heavy atom. The Bertz CT molecular complexity index is 351. The molecule has 2 heterocycles. The normalized spacial score (nSPS) is 14.9. The molecule has 1 aromatic rings. The highest BCUT2D eigenvalue weighted by atomic mass is 14.8. The number of aromatic nitrogens is 1. The molecule has 0 atom stereocenters. The average molecular weight is 158 g/mol. The zero-order chi connectivity index (χ0) is 8.39. The SMILES string of the molecule is Cc1ccnc(C2=NCC=C2)c1. The Balaban J connectivity index is 2.40. The van der Waals surface area contributed by atoms with Crippen LogP contribution in [-0.2, 0) is 0 Å². The highest BCUT2D eigenvalue weighted by Gasteiger charge is 2.03. The van der Waals surface area contributed by atoms with Crippen LogP contribution in [0, 0.1) is 6.92 Å². The van der Waals surface area contributed by atoms with Gasteiger partial charge in [-0.2, -0.15) is 0 Å². The van der Waals surface area contributed by atoms with Gasteiger partial charge in [0, 0.05) is 6.20 Å². The van der Waals surface area contributed by atoms with Gasteiger partial charge >= 0.3 is 0 Å².